The fourth-order valence-corrected chi connectivity index (χ4v) is 3.08. The Labute approximate surface area is 163 Å². The van der Waals surface area contributed by atoms with E-state index in [2.05, 4.69) is 10.6 Å². The van der Waals surface area contributed by atoms with Crippen LogP contribution in [0.2, 0.25) is 0 Å². The van der Waals surface area contributed by atoms with Crippen LogP contribution in [-0.2, 0) is 22.4 Å². The number of phenolic OH excluding ortho intramolecular Hbond substituents is 1. The smallest absolute Gasteiger partial charge is 0.324 e. The van der Waals surface area contributed by atoms with Crippen molar-refractivity contribution in [1.29, 1.82) is 0 Å². The molecule has 1 atom stereocenters. The molecule has 2 aromatic carbocycles. The number of hydrogen-bond acceptors (Lipinski definition) is 4. The van der Waals surface area contributed by atoms with Gasteiger partial charge in [0.05, 0.1) is 6.42 Å². The van der Waals surface area contributed by atoms with Crippen LogP contribution in [0.25, 0.3) is 0 Å². The van der Waals surface area contributed by atoms with Crippen LogP contribution in [0.5, 0.6) is 5.75 Å². The number of phenols is 1. The number of hydrogen-bond donors (Lipinski definition) is 3. The zero-order chi connectivity index (χ0) is 19.9. The number of imide groups is 1. The first-order valence-corrected chi connectivity index (χ1v) is 9.23. The molecule has 4 amide bonds. The quantitative estimate of drug-likeness (QED) is 0.605. The summed E-state index contributed by atoms with van der Waals surface area (Å²) in [6.45, 7) is 0.698. The molecule has 1 aliphatic rings. The minimum Gasteiger partial charge on any atom is -0.508 e. The van der Waals surface area contributed by atoms with Crippen molar-refractivity contribution in [3.63, 3.8) is 0 Å². The number of nitrogens with zero attached hydrogens (tertiary/aromatic N) is 1. The number of nitrogens with one attached hydrogen (secondary N) is 2. The molecule has 1 heterocycles. The third-order valence-electron chi connectivity index (χ3n) is 4.64. The van der Waals surface area contributed by atoms with Crippen molar-refractivity contribution < 1.29 is 19.5 Å². The molecule has 7 nitrogen and oxygen atoms in total. The lowest BCUT2D eigenvalue weighted by Gasteiger charge is -2.13. The Balaban J connectivity index is 1.43. The highest BCUT2D eigenvalue weighted by molar-refractivity contribution is 6.05. The Morgan fingerprint density at radius 1 is 1.00 bits per heavy atom. The predicted octanol–water partition coefficient (Wildman–Crippen LogP) is 1.60. The van der Waals surface area contributed by atoms with E-state index in [1.165, 1.54) is 4.90 Å². The van der Waals surface area contributed by atoms with Gasteiger partial charge in [-0.15, -0.1) is 0 Å². The van der Waals surface area contributed by atoms with Crippen molar-refractivity contribution in [2.75, 3.05) is 13.1 Å². The average molecular weight is 381 g/mol. The van der Waals surface area contributed by atoms with Gasteiger partial charge in [0.25, 0.3) is 5.91 Å². The maximum atomic E-state index is 12.4. The van der Waals surface area contributed by atoms with E-state index in [9.17, 15) is 19.5 Å². The first-order chi connectivity index (χ1) is 13.5. The summed E-state index contributed by atoms with van der Waals surface area (Å²) in [6.07, 6.45) is 1.10. The van der Waals surface area contributed by atoms with Crippen LogP contribution >= 0.6 is 0 Å². The van der Waals surface area contributed by atoms with Crippen molar-refractivity contribution >= 4 is 17.8 Å². The second-order valence-corrected chi connectivity index (χ2v) is 6.70. The van der Waals surface area contributed by atoms with Gasteiger partial charge in [-0.2, -0.15) is 0 Å². The zero-order valence-corrected chi connectivity index (χ0v) is 15.4. The molecule has 0 radical (unpaired) electrons. The lowest BCUT2D eigenvalue weighted by Crippen LogP contribution is -2.37. The van der Waals surface area contributed by atoms with Gasteiger partial charge in [-0.25, -0.2) is 4.79 Å². The minimum absolute atomic E-state index is 0.0814. The van der Waals surface area contributed by atoms with Crippen molar-refractivity contribution in [2.24, 2.45) is 0 Å². The Kier molecular flexibility index (Phi) is 6.26. The third-order valence-corrected chi connectivity index (χ3v) is 4.64. The molecule has 0 spiro atoms. The summed E-state index contributed by atoms with van der Waals surface area (Å²) in [6, 6.07) is 15.1. The van der Waals surface area contributed by atoms with Crippen molar-refractivity contribution in [1.82, 2.24) is 15.5 Å². The molecule has 3 N–H and O–H groups in total. The molecule has 0 aromatic heterocycles. The SMILES string of the molecule is O=C(C[C@H]1NC(=O)N(CCc2ccccc2)C1=O)NCCc1ccc(O)cc1. The predicted molar refractivity (Wildman–Crippen MR) is 104 cm³/mol. The highest BCUT2D eigenvalue weighted by atomic mass is 16.3. The standard InChI is InChI=1S/C21H23N3O4/c25-17-8-6-16(7-9-17)10-12-22-19(26)14-18-20(27)24(21(28)23-18)13-11-15-4-2-1-3-5-15/h1-9,18,25H,10-14H2,(H,22,26)(H,23,28)/t18-/m1/s1. The fourth-order valence-electron chi connectivity index (χ4n) is 3.08. The molecule has 0 bridgehead atoms. The van der Waals surface area contributed by atoms with E-state index in [0.717, 1.165) is 11.1 Å². The first kappa shape index (κ1) is 19.4. The summed E-state index contributed by atoms with van der Waals surface area (Å²) in [5, 5.41) is 14.6. The Bertz CT molecular complexity index is 836. The van der Waals surface area contributed by atoms with E-state index < -0.39 is 12.1 Å². The third kappa shape index (κ3) is 5.09. The molecule has 0 aliphatic carbocycles. The second-order valence-electron chi connectivity index (χ2n) is 6.70. The van der Waals surface area contributed by atoms with Crippen molar-refractivity contribution in [3.8, 4) is 5.75 Å². The second kappa shape index (κ2) is 9.03. The van der Waals surface area contributed by atoms with E-state index in [-0.39, 0.29) is 30.5 Å². The molecular weight excluding hydrogens is 358 g/mol. The maximum Gasteiger partial charge on any atom is 0.324 e. The number of carbonyl (C=O) groups is 3. The van der Waals surface area contributed by atoms with Gasteiger partial charge in [0.1, 0.15) is 11.8 Å². The van der Waals surface area contributed by atoms with Gasteiger partial charge in [-0.1, -0.05) is 42.5 Å². The monoisotopic (exact) mass is 381 g/mol. The highest BCUT2D eigenvalue weighted by Gasteiger charge is 2.38. The van der Waals surface area contributed by atoms with Crippen LogP contribution < -0.4 is 10.6 Å². The molecule has 1 aliphatic heterocycles. The number of urea groups is 1. The number of aromatic hydroxyl groups is 1. The molecular formula is C21H23N3O4. The average Bonchev–Trinajstić information content (AvgIpc) is 2.95. The van der Waals surface area contributed by atoms with Crippen LogP contribution in [0.3, 0.4) is 0 Å². The van der Waals surface area contributed by atoms with Crippen molar-refractivity contribution in [3.05, 3.63) is 65.7 Å². The van der Waals surface area contributed by atoms with Crippen LogP contribution in [0.4, 0.5) is 4.79 Å². The zero-order valence-electron chi connectivity index (χ0n) is 15.4. The minimum atomic E-state index is -0.822. The summed E-state index contributed by atoms with van der Waals surface area (Å²) in [4.78, 5) is 37.8. The van der Waals surface area contributed by atoms with E-state index in [4.69, 9.17) is 0 Å². The molecule has 146 valence electrons. The van der Waals surface area contributed by atoms with E-state index in [1.54, 1.807) is 24.3 Å². The fraction of sp³-hybridized carbons (Fsp3) is 0.286. The number of benzene rings is 2. The van der Waals surface area contributed by atoms with Gasteiger partial charge in [-0.05, 0) is 36.1 Å². The summed E-state index contributed by atoms with van der Waals surface area (Å²) < 4.78 is 0. The Morgan fingerprint density at radius 3 is 2.39 bits per heavy atom. The van der Waals surface area contributed by atoms with Gasteiger partial charge in [0.2, 0.25) is 5.91 Å². The summed E-state index contributed by atoms with van der Waals surface area (Å²) in [5.41, 5.74) is 2.02. The Hall–Kier alpha value is -3.35. The van der Waals surface area contributed by atoms with Gasteiger partial charge < -0.3 is 15.7 Å². The van der Waals surface area contributed by atoms with E-state index in [0.29, 0.717) is 19.4 Å². The number of rotatable bonds is 8. The molecule has 1 fully saturated rings. The summed E-state index contributed by atoms with van der Waals surface area (Å²) >= 11 is 0. The molecule has 0 unspecified atom stereocenters. The molecule has 1 saturated heterocycles. The topological polar surface area (TPSA) is 98.7 Å². The molecule has 7 heteroatoms. The van der Waals surface area contributed by atoms with E-state index >= 15 is 0 Å². The van der Waals surface area contributed by atoms with Crippen LogP contribution in [0.1, 0.15) is 17.5 Å². The van der Waals surface area contributed by atoms with Gasteiger partial charge in [0, 0.05) is 13.1 Å². The number of carbonyl (C=O) groups excluding carboxylic acids is 3. The first-order valence-electron chi connectivity index (χ1n) is 9.23. The van der Waals surface area contributed by atoms with Crippen LogP contribution in [-0.4, -0.2) is 47.0 Å². The van der Waals surface area contributed by atoms with Crippen LogP contribution in [0, 0.1) is 0 Å². The lowest BCUT2D eigenvalue weighted by atomic mass is 10.1. The lowest BCUT2D eigenvalue weighted by molar-refractivity contribution is -0.130. The van der Waals surface area contributed by atoms with Gasteiger partial charge >= 0.3 is 6.03 Å². The molecule has 2 aromatic rings. The Morgan fingerprint density at radius 2 is 1.68 bits per heavy atom. The molecule has 0 saturated carbocycles. The highest BCUT2D eigenvalue weighted by Crippen LogP contribution is 2.12. The maximum absolute atomic E-state index is 12.4. The normalized spacial score (nSPS) is 16.1. The summed E-state index contributed by atoms with van der Waals surface area (Å²) in [7, 11) is 0. The van der Waals surface area contributed by atoms with Crippen molar-refractivity contribution in [2.45, 2.75) is 25.3 Å². The van der Waals surface area contributed by atoms with Crippen LogP contribution in [0.15, 0.2) is 54.6 Å². The van der Waals surface area contributed by atoms with E-state index in [1.807, 2.05) is 30.3 Å². The van der Waals surface area contributed by atoms with Gasteiger partial charge in [-0.3, -0.25) is 14.5 Å². The summed E-state index contributed by atoms with van der Waals surface area (Å²) in [5.74, 6) is -0.461. The molecule has 3 rings (SSSR count). The van der Waals surface area contributed by atoms with Gasteiger partial charge in [0.15, 0.2) is 0 Å². The molecule has 28 heavy (non-hydrogen) atoms. The number of amides is 4. The largest absolute Gasteiger partial charge is 0.508 e.